The van der Waals surface area contributed by atoms with Gasteiger partial charge in [0, 0.05) is 30.0 Å². The van der Waals surface area contributed by atoms with Crippen molar-refractivity contribution in [3.05, 3.63) is 81.2 Å². The van der Waals surface area contributed by atoms with Crippen molar-refractivity contribution in [3.63, 3.8) is 0 Å². The normalized spacial score (nSPS) is 17.5. The monoisotopic (exact) mass is 404 g/mol. The number of hydrogen-bond acceptors (Lipinski definition) is 5. The van der Waals surface area contributed by atoms with Crippen LogP contribution in [0.5, 0.6) is 5.75 Å². The molecule has 1 atom stereocenters. The molecule has 0 unspecified atom stereocenters. The molecule has 1 aliphatic rings. The maximum atomic E-state index is 12.5. The van der Waals surface area contributed by atoms with Gasteiger partial charge in [0.25, 0.3) is 0 Å². The highest BCUT2D eigenvalue weighted by Crippen LogP contribution is 2.37. The van der Waals surface area contributed by atoms with Crippen molar-refractivity contribution >= 4 is 23.0 Å². The zero-order valence-electron chi connectivity index (χ0n) is 17.5. The summed E-state index contributed by atoms with van der Waals surface area (Å²) < 4.78 is 17.1. The zero-order chi connectivity index (χ0) is 21.5. The Hall–Kier alpha value is -3.34. The van der Waals surface area contributed by atoms with Gasteiger partial charge in [-0.3, -0.25) is 0 Å². The van der Waals surface area contributed by atoms with E-state index in [0.717, 1.165) is 16.5 Å². The topological polar surface area (TPSA) is 65.7 Å². The fourth-order valence-corrected chi connectivity index (χ4v) is 3.59. The van der Waals surface area contributed by atoms with Crippen LogP contribution in [0.4, 0.5) is 0 Å². The molecule has 154 valence electrons. The fraction of sp³-hybridized carbons (Fsp3) is 0.280. The maximum Gasteiger partial charge on any atom is 0.336 e. The number of carbonyl (C=O) groups is 1. The lowest BCUT2D eigenvalue weighted by Crippen LogP contribution is -2.48. The van der Waals surface area contributed by atoms with Gasteiger partial charge in [-0.25, -0.2) is 9.59 Å². The number of esters is 1. The van der Waals surface area contributed by atoms with Gasteiger partial charge in [-0.1, -0.05) is 18.2 Å². The highest BCUT2D eigenvalue weighted by atomic mass is 16.6. The Morgan fingerprint density at radius 1 is 1.10 bits per heavy atom. The third kappa shape index (κ3) is 4.01. The minimum absolute atomic E-state index is 0.403. The lowest BCUT2D eigenvalue weighted by molar-refractivity contribution is -0.155. The molecule has 2 heterocycles. The molecule has 30 heavy (non-hydrogen) atoms. The number of ether oxygens (including phenoxy) is 2. The van der Waals surface area contributed by atoms with Gasteiger partial charge >= 0.3 is 11.6 Å². The Morgan fingerprint density at radius 3 is 2.67 bits per heavy atom. The molecule has 3 aromatic rings. The van der Waals surface area contributed by atoms with Crippen molar-refractivity contribution in [2.75, 3.05) is 0 Å². The second-order valence-electron chi connectivity index (χ2n) is 8.26. The highest BCUT2D eigenvalue weighted by molar-refractivity contribution is 5.87. The van der Waals surface area contributed by atoms with E-state index in [1.165, 1.54) is 23.3 Å². The summed E-state index contributed by atoms with van der Waals surface area (Å²) in [7, 11) is 0. The van der Waals surface area contributed by atoms with E-state index in [4.69, 9.17) is 13.9 Å². The van der Waals surface area contributed by atoms with Crippen molar-refractivity contribution in [2.24, 2.45) is 0 Å². The Morgan fingerprint density at radius 2 is 1.90 bits per heavy atom. The molecule has 0 N–H and O–H groups in total. The second-order valence-corrected chi connectivity index (χ2v) is 8.26. The zero-order valence-corrected chi connectivity index (χ0v) is 17.5. The summed E-state index contributed by atoms with van der Waals surface area (Å²) in [5.41, 5.74) is 3.59. The lowest BCUT2D eigenvalue weighted by atomic mass is 9.90. The van der Waals surface area contributed by atoms with Crippen LogP contribution in [0.15, 0.2) is 57.8 Å². The highest BCUT2D eigenvalue weighted by Gasteiger charge is 2.39. The van der Waals surface area contributed by atoms with Crippen molar-refractivity contribution < 1.29 is 18.7 Å². The van der Waals surface area contributed by atoms with E-state index in [-0.39, 0.29) is 0 Å². The van der Waals surface area contributed by atoms with Gasteiger partial charge in [-0.15, -0.1) is 0 Å². The fourth-order valence-electron chi connectivity index (χ4n) is 3.59. The summed E-state index contributed by atoms with van der Waals surface area (Å²) in [5, 5.41) is 0.802. The molecule has 0 aliphatic carbocycles. The van der Waals surface area contributed by atoms with E-state index in [1.54, 1.807) is 18.2 Å². The van der Waals surface area contributed by atoms with E-state index >= 15 is 0 Å². The third-order valence-corrected chi connectivity index (χ3v) is 5.56. The van der Waals surface area contributed by atoms with Crippen LogP contribution >= 0.6 is 0 Å². The summed E-state index contributed by atoms with van der Waals surface area (Å²) in [4.78, 5) is 24.0. The molecule has 0 bridgehead atoms. The molecular weight excluding hydrogens is 380 g/mol. The molecule has 1 aromatic heterocycles. The molecular formula is C25H24O5. The van der Waals surface area contributed by atoms with Crippen molar-refractivity contribution in [1.29, 1.82) is 0 Å². The van der Waals surface area contributed by atoms with Crippen LogP contribution in [-0.2, 0) is 16.0 Å². The molecule has 0 saturated heterocycles. The van der Waals surface area contributed by atoms with Gasteiger partial charge in [-0.2, -0.15) is 0 Å². The Labute approximate surface area is 174 Å². The van der Waals surface area contributed by atoms with E-state index in [9.17, 15) is 9.59 Å². The van der Waals surface area contributed by atoms with Gasteiger partial charge in [-0.05, 0) is 68.2 Å². The molecule has 0 fully saturated rings. The Kier molecular flexibility index (Phi) is 4.98. The van der Waals surface area contributed by atoms with E-state index in [0.29, 0.717) is 17.8 Å². The largest absolute Gasteiger partial charge is 0.484 e. The number of aryl methyl sites for hydroxylation is 2. The summed E-state index contributed by atoms with van der Waals surface area (Å²) in [6.45, 7) is 7.86. The molecule has 5 nitrogen and oxygen atoms in total. The molecule has 0 saturated carbocycles. The first-order valence-electron chi connectivity index (χ1n) is 9.93. The van der Waals surface area contributed by atoms with Crippen LogP contribution in [0.2, 0.25) is 0 Å². The molecule has 0 radical (unpaired) electrons. The molecule has 5 heteroatoms. The summed E-state index contributed by atoms with van der Waals surface area (Å²) in [6.07, 6.45) is 3.27. The average molecular weight is 404 g/mol. The number of hydrogen-bond donors (Lipinski definition) is 0. The number of fused-ring (bicyclic) bond motifs is 2. The molecule has 4 rings (SSSR count). The summed E-state index contributed by atoms with van der Waals surface area (Å²) >= 11 is 0. The van der Waals surface area contributed by atoms with Crippen LogP contribution in [0.1, 0.15) is 36.1 Å². The number of rotatable bonds is 3. The molecule has 1 aliphatic heterocycles. The lowest BCUT2D eigenvalue weighted by Gasteiger charge is -2.39. The van der Waals surface area contributed by atoms with Crippen LogP contribution in [-0.4, -0.2) is 17.7 Å². The first-order chi connectivity index (χ1) is 14.2. The Balaban J connectivity index is 1.54. The summed E-state index contributed by atoms with van der Waals surface area (Å²) in [5.74, 6) is 0.227. The van der Waals surface area contributed by atoms with E-state index in [2.05, 4.69) is 6.92 Å². The van der Waals surface area contributed by atoms with E-state index < -0.39 is 23.3 Å². The molecule has 2 aromatic carbocycles. The third-order valence-electron chi connectivity index (χ3n) is 5.56. The van der Waals surface area contributed by atoms with Crippen LogP contribution in [0, 0.1) is 13.8 Å². The Bertz CT molecular complexity index is 1220. The van der Waals surface area contributed by atoms with Gasteiger partial charge in [0.05, 0.1) is 0 Å². The second kappa shape index (κ2) is 7.48. The quantitative estimate of drug-likeness (QED) is 0.358. The first-order valence-corrected chi connectivity index (χ1v) is 9.93. The van der Waals surface area contributed by atoms with Crippen molar-refractivity contribution in [3.8, 4) is 5.75 Å². The van der Waals surface area contributed by atoms with Crippen molar-refractivity contribution in [1.82, 2.24) is 0 Å². The predicted molar refractivity (Wildman–Crippen MR) is 116 cm³/mol. The smallest absolute Gasteiger partial charge is 0.336 e. The van der Waals surface area contributed by atoms with E-state index in [1.807, 2.05) is 45.0 Å². The van der Waals surface area contributed by atoms with Crippen molar-refractivity contribution in [2.45, 2.75) is 45.8 Å². The van der Waals surface area contributed by atoms with Gasteiger partial charge in [0.15, 0.2) is 0 Å². The minimum atomic E-state index is -0.723. The number of carbonyl (C=O) groups excluding carboxylic acids is 1. The van der Waals surface area contributed by atoms with Gasteiger partial charge in [0.1, 0.15) is 23.0 Å². The van der Waals surface area contributed by atoms with Crippen LogP contribution in [0.25, 0.3) is 17.0 Å². The van der Waals surface area contributed by atoms with Gasteiger partial charge < -0.3 is 13.9 Å². The average Bonchev–Trinajstić information content (AvgIpc) is 2.68. The predicted octanol–water partition coefficient (Wildman–Crippen LogP) is 4.75. The minimum Gasteiger partial charge on any atom is -0.484 e. The number of benzene rings is 2. The summed E-state index contributed by atoms with van der Waals surface area (Å²) in [6, 6.07) is 12.8. The van der Waals surface area contributed by atoms with Crippen LogP contribution < -0.4 is 10.4 Å². The maximum absolute atomic E-state index is 12.5. The van der Waals surface area contributed by atoms with Crippen LogP contribution in [0.3, 0.4) is 0 Å². The SMILES string of the molecule is Cc1ccc(/C=C/C(=O)O[C@H]2Cc3cc4ccc(=O)oc4cc3OC2(C)C)cc1C. The standard InChI is InChI=1S/C25H24O5/c1-15-5-6-17(11-16(15)2)7-9-24(27)29-22-13-19-12-18-8-10-23(26)28-20(18)14-21(19)30-25(22,3)4/h5-12,14,22H,13H2,1-4H3/b9-7+/t22-/m0/s1. The molecule has 0 spiro atoms. The molecule has 0 amide bonds. The first kappa shape index (κ1) is 20.0. The van der Waals surface area contributed by atoms with Gasteiger partial charge in [0.2, 0.25) is 0 Å².